The third-order valence-corrected chi connectivity index (χ3v) is 1.61. The van der Waals surface area contributed by atoms with Gasteiger partial charge < -0.3 is 5.32 Å². The fourth-order valence-corrected chi connectivity index (χ4v) is 1.01. The Bertz CT molecular complexity index is 186. The second-order valence-electron chi connectivity index (χ2n) is 2.41. The van der Waals surface area contributed by atoms with Gasteiger partial charge in [-0.1, -0.05) is 6.58 Å². The van der Waals surface area contributed by atoms with Crippen LogP contribution in [-0.2, 0) is 9.59 Å². The molecule has 1 unspecified atom stereocenters. The average Bonchev–Trinajstić information content (AvgIpc) is 2.34. The normalized spacial score (nSPS) is 24.0. The molecule has 0 bridgehead atoms. The van der Waals surface area contributed by atoms with Gasteiger partial charge in [-0.2, -0.15) is 0 Å². The number of carbonyl (C=O) groups excluding carboxylic acids is 2. The zero-order chi connectivity index (χ0) is 7.56. The van der Waals surface area contributed by atoms with Gasteiger partial charge in [0.2, 0.25) is 0 Å². The summed E-state index contributed by atoms with van der Waals surface area (Å²) in [5.41, 5.74) is 0.847. The van der Waals surface area contributed by atoms with Crippen molar-refractivity contribution in [3.05, 3.63) is 12.3 Å². The molecule has 1 rings (SSSR count). The van der Waals surface area contributed by atoms with Crippen molar-refractivity contribution in [2.75, 3.05) is 6.54 Å². The lowest BCUT2D eigenvalue weighted by Crippen LogP contribution is -2.18. The lowest BCUT2D eigenvalue weighted by molar-refractivity contribution is -0.132. The molecule has 54 valence electrons. The molecule has 1 aliphatic rings. The summed E-state index contributed by atoms with van der Waals surface area (Å²) in [6.45, 7) is 4.21. The molecule has 1 N–H and O–H groups in total. The van der Waals surface area contributed by atoms with Crippen molar-refractivity contribution in [2.24, 2.45) is 5.92 Å². The maximum absolute atomic E-state index is 10.7. The van der Waals surface area contributed by atoms with E-state index in [2.05, 4.69) is 11.9 Å². The van der Waals surface area contributed by atoms with Crippen LogP contribution in [0.5, 0.6) is 0 Å². The van der Waals surface area contributed by atoms with E-state index in [9.17, 15) is 9.59 Å². The van der Waals surface area contributed by atoms with Crippen LogP contribution in [0.15, 0.2) is 12.3 Å². The first kappa shape index (κ1) is 6.99. The lowest BCUT2D eigenvalue weighted by atomic mass is 10.0. The molecule has 0 aliphatic carbocycles. The third kappa shape index (κ3) is 1.23. The molecule has 0 saturated carbocycles. The van der Waals surface area contributed by atoms with E-state index in [0.717, 1.165) is 5.70 Å². The van der Waals surface area contributed by atoms with E-state index in [4.69, 9.17) is 0 Å². The molecule has 0 aromatic carbocycles. The van der Waals surface area contributed by atoms with E-state index in [1.54, 1.807) is 0 Å². The summed E-state index contributed by atoms with van der Waals surface area (Å²) >= 11 is 0. The first-order valence-corrected chi connectivity index (χ1v) is 3.14. The Morgan fingerprint density at radius 3 is 2.90 bits per heavy atom. The van der Waals surface area contributed by atoms with Crippen LogP contribution in [0.2, 0.25) is 0 Å². The van der Waals surface area contributed by atoms with Crippen molar-refractivity contribution in [1.82, 2.24) is 5.32 Å². The van der Waals surface area contributed by atoms with Crippen molar-refractivity contribution >= 4 is 12.1 Å². The number of allylic oxidation sites excluding steroid dienone is 1. The van der Waals surface area contributed by atoms with Crippen LogP contribution in [-0.4, -0.2) is 18.6 Å². The lowest BCUT2D eigenvalue weighted by Gasteiger charge is -1.96. The van der Waals surface area contributed by atoms with E-state index in [1.165, 1.54) is 0 Å². The summed E-state index contributed by atoms with van der Waals surface area (Å²) < 4.78 is 0. The van der Waals surface area contributed by atoms with E-state index in [-0.39, 0.29) is 11.7 Å². The van der Waals surface area contributed by atoms with Crippen molar-refractivity contribution in [2.45, 2.75) is 6.42 Å². The minimum atomic E-state index is -0.328. The molecule has 0 aromatic rings. The second-order valence-corrected chi connectivity index (χ2v) is 2.41. The van der Waals surface area contributed by atoms with Crippen molar-refractivity contribution in [1.29, 1.82) is 0 Å². The van der Waals surface area contributed by atoms with Gasteiger partial charge in [-0.05, 0) is 6.42 Å². The molecular weight excluding hydrogens is 130 g/mol. The minimum Gasteiger partial charge on any atom is -0.388 e. The summed E-state index contributed by atoms with van der Waals surface area (Å²) in [6.07, 6.45) is 0.989. The Hall–Kier alpha value is -1.12. The van der Waals surface area contributed by atoms with Crippen LogP contribution in [0.4, 0.5) is 0 Å². The number of rotatable bonds is 2. The zero-order valence-electron chi connectivity index (χ0n) is 5.59. The third-order valence-electron chi connectivity index (χ3n) is 1.61. The Morgan fingerprint density at radius 1 is 1.80 bits per heavy atom. The molecule has 1 atom stereocenters. The molecular formula is C7H9NO2. The highest BCUT2D eigenvalue weighted by Crippen LogP contribution is 2.14. The standard InChI is InChI=1S/C7H9NO2/c1-5-2-6(3-8-5)7(10)4-9/h4,6,8H,1-3H2. The molecule has 0 aromatic heterocycles. The molecule has 0 spiro atoms. The second kappa shape index (κ2) is 2.64. The number of aldehydes is 1. The fraction of sp³-hybridized carbons (Fsp3) is 0.429. The summed E-state index contributed by atoms with van der Waals surface area (Å²) in [4.78, 5) is 20.7. The van der Waals surface area contributed by atoms with Gasteiger partial charge in [0.05, 0.1) is 0 Å². The predicted octanol–water partition coefficient (Wildman–Crippen LogP) is -0.122. The molecule has 3 heteroatoms. The minimum absolute atomic E-state index is 0.162. The van der Waals surface area contributed by atoms with Crippen LogP contribution in [0.1, 0.15) is 6.42 Å². The number of Topliss-reactive ketones (excluding diaryl/α,β-unsaturated/α-hetero) is 1. The number of hydrogen-bond acceptors (Lipinski definition) is 3. The first-order valence-electron chi connectivity index (χ1n) is 3.14. The van der Waals surface area contributed by atoms with Gasteiger partial charge >= 0.3 is 0 Å². The topological polar surface area (TPSA) is 46.2 Å². The Morgan fingerprint density at radius 2 is 2.50 bits per heavy atom. The van der Waals surface area contributed by atoms with Crippen LogP contribution >= 0.6 is 0 Å². The van der Waals surface area contributed by atoms with E-state index >= 15 is 0 Å². The Balaban J connectivity index is 2.52. The maximum Gasteiger partial charge on any atom is 0.200 e. The zero-order valence-corrected chi connectivity index (χ0v) is 5.59. The molecule has 3 nitrogen and oxygen atoms in total. The predicted molar refractivity (Wildman–Crippen MR) is 36.3 cm³/mol. The van der Waals surface area contributed by atoms with Crippen molar-refractivity contribution < 1.29 is 9.59 Å². The molecule has 1 saturated heterocycles. The van der Waals surface area contributed by atoms with Crippen molar-refractivity contribution in [3.63, 3.8) is 0 Å². The van der Waals surface area contributed by atoms with Crippen molar-refractivity contribution in [3.8, 4) is 0 Å². The van der Waals surface area contributed by atoms with E-state index in [0.29, 0.717) is 19.3 Å². The Labute approximate surface area is 59.1 Å². The number of carbonyl (C=O) groups is 2. The Kier molecular flexibility index (Phi) is 1.85. The summed E-state index contributed by atoms with van der Waals surface area (Å²) in [5.74, 6) is -0.490. The average molecular weight is 139 g/mol. The largest absolute Gasteiger partial charge is 0.388 e. The van der Waals surface area contributed by atoms with Crippen LogP contribution < -0.4 is 5.32 Å². The molecule has 1 aliphatic heterocycles. The smallest absolute Gasteiger partial charge is 0.200 e. The molecule has 1 heterocycles. The quantitative estimate of drug-likeness (QED) is 0.428. The highest BCUT2D eigenvalue weighted by atomic mass is 16.2. The van der Waals surface area contributed by atoms with Crippen LogP contribution in [0.25, 0.3) is 0 Å². The van der Waals surface area contributed by atoms with Gasteiger partial charge in [-0.15, -0.1) is 0 Å². The van der Waals surface area contributed by atoms with Gasteiger partial charge in [-0.25, -0.2) is 0 Å². The monoisotopic (exact) mass is 139 g/mol. The highest BCUT2D eigenvalue weighted by molar-refractivity contribution is 6.26. The van der Waals surface area contributed by atoms with Gasteiger partial charge in [0.15, 0.2) is 12.1 Å². The van der Waals surface area contributed by atoms with Gasteiger partial charge in [0.25, 0.3) is 0 Å². The first-order chi connectivity index (χ1) is 4.74. The van der Waals surface area contributed by atoms with E-state index in [1.807, 2.05) is 0 Å². The SMILES string of the molecule is C=C1CC(C(=O)C=O)CN1. The number of nitrogens with one attached hydrogen (secondary N) is 1. The summed E-state index contributed by atoms with van der Waals surface area (Å²) in [7, 11) is 0. The fourth-order valence-electron chi connectivity index (χ4n) is 1.01. The van der Waals surface area contributed by atoms with Crippen LogP contribution in [0.3, 0.4) is 0 Å². The summed E-state index contributed by atoms with van der Waals surface area (Å²) in [6, 6.07) is 0. The maximum atomic E-state index is 10.7. The molecule has 1 fully saturated rings. The number of ketones is 1. The summed E-state index contributed by atoms with van der Waals surface area (Å²) in [5, 5.41) is 2.91. The molecule has 10 heavy (non-hydrogen) atoms. The van der Waals surface area contributed by atoms with E-state index < -0.39 is 0 Å². The van der Waals surface area contributed by atoms with Gasteiger partial charge in [0.1, 0.15) is 0 Å². The number of hydrogen-bond donors (Lipinski definition) is 1. The van der Waals surface area contributed by atoms with Gasteiger partial charge in [0, 0.05) is 18.2 Å². The highest BCUT2D eigenvalue weighted by Gasteiger charge is 2.23. The molecule has 0 radical (unpaired) electrons. The molecule has 0 amide bonds. The van der Waals surface area contributed by atoms with Crippen LogP contribution in [0, 0.1) is 5.92 Å². The van der Waals surface area contributed by atoms with Gasteiger partial charge in [-0.3, -0.25) is 9.59 Å².